The van der Waals surface area contributed by atoms with Crippen molar-refractivity contribution in [3.8, 4) is 5.75 Å². The zero-order valence-corrected chi connectivity index (χ0v) is 16.9. The Morgan fingerprint density at radius 2 is 1.68 bits per heavy atom. The zero-order chi connectivity index (χ0) is 20.1. The molecule has 150 valence electrons. The van der Waals surface area contributed by atoms with Gasteiger partial charge in [0.05, 0.1) is 19.1 Å². The van der Waals surface area contributed by atoms with Crippen molar-refractivity contribution < 1.29 is 17.9 Å². The van der Waals surface area contributed by atoms with Crippen LogP contribution >= 0.6 is 0 Å². The summed E-state index contributed by atoms with van der Waals surface area (Å²) in [6.45, 7) is 1.80. The lowest BCUT2D eigenvalue weighted by Gasteiger charge is -2.22. The molecule has 1 saturated heterocycles. The highest BCUT2D eigenvalue weighted by atomic mass is 32.2. The monoisotopic (exact) mass is 403 g/mol. The number of rotatable bonds is 7. The largest absolute Gasteiger partial charge is 0.497 e. The van der Waals surface area contributed by atoms with Crippen molar-refractivity contribution in [3.05, 3.63) is 48.5 Å². The second kappa shape index (κ2) is 8.52. The molecule has 1 aliphatic rings. The van der Waals surface area contributed by atoms with Crippen LogP contribution in [0.3, 0.4) is 0 Å². The van der Waals surface area contributed by atoms with Crippen molar-refractivity contribution in [2.45, 2.75) is 12.8 Å². The number of benzene rings is 2. The average molecular weight is 404 g/mol. The molecule has 2 aromatic carbocycles. The molecule has 0 unspecified atom stereocenters. The lowest BCUT2D eigenvalue weighted by atomic mass is 10.2. The van der Waals surface area contributed by atoms with E-state index < -0.39 is 15.9 Å². The summed E-state index contributed by atoms with van der Waals surface area (Å²) in [5, 5.41) is 2.77. The van der Waals surface area contributed by atoms with Crippen molar-refractivity contribution >= 4 is 33.0 Å². The number of hydrogen-bond acceptors (Lipinski definition) is 5. The van der Waals surface area contributed by atoms with E-state index in [4.69, 9.17) is 4.74 Å². The number of methoxy groups -OCH3 is 1. The van der Waals surface area contributed by atoms with Crippen LogP contribution in [0.4, 0.5) is 17.1 Å². The molecule has 1 fully saturated rings. The highest BCUT2D eigenvalue weighted by Gasteiger charge is 2.21. The smallest absolute Gasteiger partial charge is 0.245 e. The third-order valence-electron chi connectivity index (χ3n) is 4.67. The Balaban J connectivity index is 1.68. The van der Waals surface area contributed by atoms with E-state index in [9.17, 15) is 13.2 Å². The van der Waals surface area contributed by atoms with Gasteiger partial charge in [-0.05, 0) is 61.4 Å². The van der Waals surface area contributed by atoms with Gasteiger partial charge >= 0.3 is 0 Å². The normalized spacial score (nSPS) is 14.0. The molecule has 0 saturated carbocycles. The van der Waals surface area contributed by atoms with Crippen LogP contribution < -0.4 is 19.3 Å². The van der Waals surface area contributed by atoms with Crippen LogP contribution in [-0.2, 0) is 14.8 Å². The van der Waals surface area contributed by atoms with Crippen LogP contribution in [0, 0.1) is 0 Å². The standard InChI is InChI=1S/C20H25N3O4S/c1-27-19-11-9-18(10-12-19)23(28(2,25)26)15-20(24)21-16-5-7-17(8-6-16)22-13-3-4-14-22/h5-12H,3-4,13-15H2,1-2H3,(H,21,24). The van der Waals surface area contributed by atoms with Crippen LogP contribution in [0.5, 0.6) is 5.75 Å². The van der Waals surface area contributed by atoms with Gasteiger partial charge < -0.3 is 15.0 Å². The van der Waals surface area contributed by atoms with Crippen molar-refractivity contribution in [2.75, 3.05) is 47.5 Å². The Morgan fingerprint density at radius 3 is 2.21 bits per heavy atom. The number of carbonyl (C=O) groups is 1. The molecule has 0 bridgehead atoms. The van der Waals surface area contributed by atoms with E-state index in [0.29, 0.717) is 17.1 Å². The predicted octanol–water partition coefficient (Wildman–Crippen LogP) is 2.70. The third-order valence-corrected chi connectivity index (χ3v) is 5.81. The molecule has 7 nitrogen and oxygen atoms in total. The van der Waals surface area contributed by atoms with E-state index >= 15 is 0 Å². The second-order valence-electron chi connectivity index (χ2n) is 6.76. The van der Waals surface area contributed by atoms with Crippen LogP contribution in [0.25, 0.3) is 0 Å². The second-order valence-corrected chi connectivity index (χ2v) is 8.66. The molecule has 0 atom stereocenters. The van der Waals surface area contributed by atoms with Gasteiger partial charge in [0.2, 0.25) is 15.9 Å². The summed E-state index contributed by atoms with van der Waals surface area (Å²) in [5.41, 5.74) is 2.17. The summed E-state index contributed by atoms with van der Waals surface area (Å²) < 4.78 is 30.5. The highest BCUT2D eigenvalue weighted by molar-refractivity contribution is 7.92. The first-order valence-corrected chi connectivity index (χ1v) is 11.0. The van der Waals surface area contributed by atoms with Gasteiger partial charge in [-0.25, -0.2) is 8.42 Å². The van der Waals surface area contributed by atoms with E-state index in [1.165, 1.54) is 20.0 Å². The summed E-state index contributed by atoms with van der Waals surface area (Å²) in [5.74, 6) is 0.204. The number of sulfonamides is 1. The van der Waals surface area contributed by atoms with Crippen molar-refractivity contribution in [1.82, 2.24) is 0 Å². The SMILES string of the molecule is COc1ccc(N(CC(=O)Nc2ccc(N3CCCC3)cc2)S(C)(=O)=O)cc1. The molecule has 0 aromatic heterocycles. The Bertz CT molecular complexity index is 905. The molecule has 2 aromatic rings. The van der Waals surface area contributed by atoms with Crippen molar-refractivity contribution in [2.24, 2.45) is 0 Å². The first-order chi connectivity index (χ1) is 13.4. The summed E-state index contributed by atoms with van der Waals surface area (Å²) >= 11 is 0. The fourth-order valence-electron chi connectivity index (χ4n) is 3.21. The zero-order valence-electron chi connectivity index (χ0n) is 16.1. The number of nitrogens with zero attached hydrogens (tertiary/aromatic N) is 2. The van der Waals surface area contributed by atoms with Crippen molar-refractivity contribution in [3.63, 3.8) is 0 Å². The first-order valence-electron chi connectivity index (χ1n) is 9.13. The summed E-state index contributed by atoms with van der Waals surface area (Å²) in [4.78, 5) is 14.8. The maximum atomic E-state index is 12.5. The number of carbonyl (C=O) groups excluding carboxylic acids is 1. The van der Waals surface area contributed by atoms with E-state index in [0.717, 1.165) is 29.3 Å². The van der Waals surface area contributed by atoms with Gasteiger partial charge in [-0.1, -0.05) is 0 Å². The number of nitrogens with one attached hydrogen (secondary N) is 1. The van der Waals surface area contributed by atoms with E-state index in [1.807, 2.05) is 24.3 Å². The molecule has 8 heteroatoms. The minimum Gasteiger partial charge on any atom is -0.497 e. The molecule has 28 heavy (non-hydrogen) atoms. The molecular weight excluding hydrogens is 378 g/mol. The molecule has 1 amide bonds. The predicted molar refractivity (Wildman–Crippen MR) is 112 cm³/mol. The Morgan fingerprint density at radius 1 is 1.07 bits per heavy atom. The minimum absolute atomic E-state index is 0.307. The topological polar surface area (TPSA) is 79.0 Å². The number of ether oxygens (including phenoxy) is 1. The molecule has 0 aliphatic carbocycles. The maximum absolute atomic E-state index is 12.5. The summed E-state index contributed by atoms with van der Waals surface area (Å²) in [7, 11) is -2.08. The molecule has 1 N–H and O–H groups in total. The summed E-state index contributed by atoms with van der Waals surface area (Å²) in [6.07, 6.45) is 3.48. The Labute approximate surface area is 166 Å². The lowest BCUT2D eigenvalue weighted by Crippen LogP contribution is -2.37. The number of amides is 1. The quantitative estimate of drug-likeness (QED) is 0.769. The van der Waals surface area contributed by atoms with Gasteiger partial charge in [0.15, 0.2) is 0 Å². The molecule has 1 aliphatic heterocycles. The van der Waals surface area contributed by atoms with Crippen LogP contribution in [0.1, 0.15) is 12.8 Å². The fraction of sp³-hybridized carbons (Fsp3) is 0.350. The van der Waals surface area contributed by atoms with Crippen LogP contribution in [0.2, 0.25) is 0 Å². The van der Waals surface area contributed by atoms with Gasteiger partial charge in [-0.3, -0.25) is 9.10 Å². The number of hydrogen-bond donors (Lipinski definition) is 1. The van der Waals surface area contributed by atoms with Crippen molar-refractivity contribution in [1.29, 1.82) is 0 Å². The maximum Gasteiger partial charge on any atom is 0.245 e. The first kappa shape index (κ1) is 20.0. The molecule has 3 rings (SSSR count). The lowest BCUT2D eigenvalue weighted by molar-refractivity contribution is -0.114. The molecular formula is C20H25N3O4S. The Kier molecular flexibility index (Phi) is 6.08. The summed E-state index contributed by atoms with van der Waals surface area (Å²) in [6, 6.07) is 14.1. The molecule has 0 spiro atoms. The minimum atomic E-state index is -3.62. The molecule has 0 radical (unpaired) electrons. The molecule has 1 heterocycles. The van der Waals surface area contributed by atoms with E-state index in [1.54, 1.807) is 24.3 Å². The van der Waals surface area contributed by atoms with Gasteiger partial charge in [0, 0.05) is 24.5 Å². The van der Waals surface area contributed by atoms with Crippen LogP contribution in [-0.4, -0.2) is 47.3 Å². The average Bonchev–Trinajstić information content (AvgIpc) is 3.21. The van der Waals surface area contributed by atoms with E-state index in [-0.39, 0.29) is 6.54 Å². The highest BCUT2D eigenvalue weighted by Crippen LogP contribution is 2.23. The van der Waals surface area contributed by atoms with Gasteiger partial charge in [-0.2, -0.15) is 0 Å². The third kappa shape index (κ3) is 4.95. The van der Waals surface area contributed by atoms with Gasteiger partial charge in [0.25, 0.3) is 0 Å². The van der Waals surface area contributed by atoms with Gasteiger partial charge in [-0.15, -0.1) is 0 Å². The Hall–Kier alpha value is -2.74. The van der Waals surface area contributed by atoms with Crippen LogP contribution in [0.15, 0.2) is 48.5 Å². The van der Waals surface area contributed by atoms with E-state index in [2.05, 4.69) is 10.2 Å². The number of anilines is 3. The van der Waals surface area contributed by atoms with Gasteiger partial charge in [0.1, 0.15) is 12.3 Å². The fourth-order valence-corrected chi connectivity index (χ4v) is 4.07.